The fourth-order valence-electron chi connectivity index (χ4n) is 3.23. The summed E-state index contributed by atoms with van der Waals surface area (Å²) in [7, 11) is 0. The van der Waals surface area contributed by atoms with Crippen LogP contribution >= 0.6 is 24.0 Å². The third-order valence-electron chi connectivity index (χ3n) is 4.71. The molecular weight excluding hydrogens is 403 g/mol. The molecule has 2 aliphatic rings. The van der Waals surface area contributed by atoms with E-state index in [1.54, 1.807) is 0 Å². The van der Waals surface area contributed by atoms with E-state index in [1.807, 2.05) is 0 Å². The predicted molar refractivity (Wildman–Crippen MR) is 108 cm³/mol. The van der Waals surface area contributed by atoms with Gasteiger partial charge in [0.2, 0.25) is 0 Å². The first-order chi connectivity index (χ1) is 10.8. The molecule has 0 aromatic heterocycles. The third-order valence-corrected chi connectivity index (χ3v) is 4.71. The van der Waals surface area contributed by atoms with E-state index in [0.29, 0.717) is 6.04 Å². The van der Waals surface area contributed by atoms with Crippen LogP contribution < -0.4 is 10.6 Å². The molecule has 0 bridgehead atoms. The largest absolute Gasteiger partial charge is 0.379 e. The molecule has 0 aromatic rings. The van der Waals surface area contributed by atoms with Gasteiger partial charge in [0.1, 0.15) is 0 Å². The van der Waals surface area contributed by atoms with Crippen molar-refractivity contribution in [3.8, 4) is 0 Å². The molecule has 1 saturated carbocycles. The summed E-state index contributed by atoms with van der Waals surface area (Å²) in [6, 6.07) is 0.605. The summed E-state index contributed by atoms with van der Waals surface area (Å²) in [5.41, 5.74) is 0. The Morgan fingerprint density at radius 2 is 1.87 bits per heavy atom. The topological polar surface area (TPSA) is 48.9 Å². The lowest BCUT2D eigenvalue weighted by Gasteiger charge is -2.28. The Morgan fingerprint density at radius 1 is 1.17 bits per heavy atom. The minimum Gasteiger partial charge on any atom is -0.379 e. The lowest BCUT2D eigenvalue weighted by molar-refractivity contribution is 0.0377. The zero-order chi connectivity index (χ0) is 15.6. The maximum Gasteiger partial charge on any atom is 0.191 e. The minimum atomic E-state index is 0. The van der Waals surface area contributed by atoms with Crippen molar-refractivity contribution in [2.45, 2.75) is 52.0 Å². The first-order valence-corrected chi connectivity index (χ1v) is 9.13. The van der Waals surface area contributed by atoms with E-state index in [4.69, 9.17) is 9.73 Å². The monoisotopic (exact) mass is 438 g/mol. The zero-order valence-corrected chi connectivity index (χ0v) is 17.2. The van der Waals surface area contributed by atoms with Crippen LogP contribution in [0.1, 0.15) is 46.0 Å². The van der Waals surface area contributed by atoms with Crippen molar-refractivity contribution < 1.29 is 4.74 Å². The molecule has 2 rings (SSSR count). The van der Waals surface area contributed by atoms with Gasteiger partial charge in [0, 0.05) is 38.8 Å². The number of hydrogen-bond donors (Lipinski definition) is 2. The Labute approximate surface area is 159 Å². The van der Waals surface area contributed by atoms with Crippen LogP contribution in [0.3, 0.4) is 0 Å². The molecular formula is C17H35IN4O. The first-order valence-electron chi connectivity index (χ1n) is 9.13. The summed E-state index contributed by atoms with van der Waals surface area (Å²) in [6.45, 7) is 11.4. The summed E-state index contributed by atoms with van der Waals surface area (Å²) in [4.78, 5) is 7.22. The summed E-state index contributed by atoms with van der Waals surface area (Å²) >= 11 is 0. The number of rotatable bonds is 6. The average molecular weight is 438 g/mol. The molecule has 1 aliphatic carbocycles. The number of nitrogens with one attached hydrogen (secondary N) is 2. The van der Waals surface area contributed by atoms with Crippen molar-refractivity contribution in [1.82, 2.24) is 15.5 Å². The standard InChI is InChI=1S/C17H34N4O.HI/c1-3-18-17(20-16-7-5-15(2)6-8-16)19-9-4-10-21-11-13-22-14-12-21;/h15-16H,3-14H2,1-2H3,(H2,18,19,20);1H. The Morgan fingerprint density at radius 3 is 2.52 bits per heavy atom. The van der Waals surface area contributed by atoms with Crippen molar-refractivity contribution in [3.05, 3.63) is 0 Å². The van der Waals surface area contributed by atoms with Crippen LogP contribution in [0, 0.1) is 5.92 Å². The molecule has 6 heteroatoms. The van der Waals surface area contributed by atoms with Crippen molar-refractivity contribution in [3.63, 3.8) is 0 Å². The van der Waals surface area contributed by atoms with Crippen LogP contribution in [-0.4, -0.2) is 62.8 Å². The molecule has 5 nitrogen and oxygen atoms in total. The lowest BCUT2D eigenvalue weighted by Crippen LogP contribution is -2.45. The van der Waals surface area contributed by atoms with Gasteiger partial charge in [-0.25, -0.2) is 0 Å². The minimum absolute atomic E-state index is 0. The molecule has 136 valence electrons. The SMILES string of the molecule is CCNC(=NCCCN1CCOCC1)NC1CCC(C)CC1.I. The molecule has 1 saturated heterocycles. The normalized spacial score (nSPS) is 26.4. The quantitative estimate of drug-likeness (QED) is 0.290. The highest BCUT2D eigenvalue weighted by molar-refractivity contribution is 14.0. The van der Waals surface area contributed by atoms with Crippen LogP contribution in [0.2, 0.25) is 0 Å². The lowest BCUT2D eigenvalue weighted by atomic mass is 9.87. The number of aliphatic imine (C=N–C) groups is 1. The Balaban J connectivity index is 0.00000264. The molecule has 0 aromatic carbocycles. The van der Waals surface area contributed by atoms with Gasteiger partial charge in [-0.15, -0.1) is 24.0 Å². The number of hydrogen-bond acceptors (Lipinski definition) is 3. The second-order valence-corrected chi connectivity index (χ2v) is 6.67. The summed E-state index contributed by atoms with van der Waals surface area (Å²) in [5, 5.41) is 7.01. The number of halogens is 1. The fourth-order valence-corrected chi connectivity index (χ4v) is 3.23. The van der Waals surface area contributed by atoms with Gasteiger partial charge in [0.15, 0.2) is 5.96 Å². The molecule has 0 amide bonds. The average Bonchev–Trinajstić information content (AvgIpc) is 2.55. The van der Waals surface area contributed by atoms with Gasteiger partial charge >= 0.3 is 0 Å². The maximum absolute atomic E-state index is 5.38. The van der Waals surface area contributed by atoms with Crippen molar-refractivity contribution in [2.24, 2.45) is 10.9 Å². The van der Waals surface area contributed by atoms with Crippen molar-refractivity contribution >= 4 is 29.9 Å². The van der Waals surface area contributed by atoms with E-state index < -0.39 is 0 Å². The molecule has 0 atom stereocenters. The number of ether oxygens (including phenoxy) is 1. The molecule has 23 heavy (non-hydrogen) atoms. The highest BCUT2D eigenvalue weighted by Gasteiger charge is 2.18. The number of morpholine rings is 1. The molecule has 0 spiro atoms. The van der Waals surface area contributed by atoms with Gasteiger partial charge < -0.3 is 15.4 Å². The third kappa shape index (κ3) is 8.54. The van der Waals surface area contributed by atoms with Crippen molar-refractivity contribution in [1.29, 1.82) is 0 Å². The van der Waals surface area contributed by atoms with E-state index in [9.17, 15) is 0 Å². The smallest absolute Gasteiger partial charge is 0.191 e. The zero-order valence-electron chi connectivity index (χ0n) is 14.9. The maximum atomic E-state index is 5.38. The van der Waals surface area contributed by atoms with Crippen LogP contribution in [0.5, 0.6) is 0 Å². The molecule has 1 heterocycles. The Bertz CT molecular complexity index is 327. The van der Waals surface area contributed by atoms with Crippen LogP contribution in [-0.2, 0) is 4.74 Å². The number of guanidine groups is 1. The second kappa shape index (κ2) is 12.3. The molecule has 1 aliphatic heterocycles. The fraction of sp³-hybridized carbons (Fsp3) is 0.941. The summed E-state index contributed by atoms with van der Waals surface area (Å²) < 4.78 is 5.38. The first kappa shape index (κ1) is 21.0. The van der Waals surface area contributed by atoms with Crippen LogP contribution in [0.4, 0.5) is 0 Å². The molecule has 0 radical (unpaired) electrons. The van der Waals surface area contributed by atoms with Gasteiger partial charge in [-0.3, -0.25) is 9.89 Å². The van der Waals surface area contributed by atoms with Gasteiger partial charge in [-0.05, 0) is 44.9 Å². The van der Waals surface area contributed by atoms with Gasteiger partial charge in [-0.2, -0.15) is 0 Å². The second-order valence-electron chi connectivity index (χ2n) is 6.67. The Hall–Kier alpha value is -0.0800. The molecule has 0 unspecified atom stereocenters. The summed E-state index contributed by atoms with van der Waals surface area (Å²) in [5.74, 6) is 1.90. The van der Waals surface area contributed by atoms with Gasteiger partial charge in [0.25, 0.3) is 0 Å². The van der Waals surface area contributed by atoms with E-state index in [0.717, 1.165) is 64.2 Å². The van der Waals surface area contributed by atoms with E-state index in [1.165, 1.54) is 25.7 Å². The summed E-state index contributed by atoms with van der Waals surface area (Å²) in [6.07, 6.45) is 6.36. The molecule has 2 N–H and O–H groups in total. The Kier molecular flexibility index (Phi) is 11.2. The van der Waals surface area contributed by atoms with E-state index in [-0.39, 0.29) is 24.0 Å². The number of nitrogens with zero attached hydrogens (tertiary/aromatic N) is 2. The van der Waals surface area contributed by atoms with Gasteiger partial charge in [-0.1, -0.05) is 6.92 Å². The van der Waals surface area contributed by atoms with Crippen LogP contribution in [0.15, 0.2) is 4.99 Å². The van der Waals surface area contributed by atoms with Crippen molar-refractivity contribution in [2.75, 3.05) is 45.9 Å². The van der Waals surface area contributed by atoms with E-state index >= 15 is 0 Å². The van der Waals surface area contributed by atoms with Crippen LogP contribution in [0.25, 0.3) is 0 Å². The van der Waals surface area contributed by atoms with E-state index in [2.05, 4.69) is 29.4 Å². The predicted octanol–water partition coefficient (Wildman–Crippen LogP) is 2.46. The highest BCUT2D eigenvalue weighted by atomic mass is 127. The highest BCUT2D eigenvalue weighted by Crippen LogP contribution is 2.23. The molecule has 2 fully saturated rings. The van der Waals surface area contributed by atoms with Gasteiger partial charge in [0.05, 0.1) is 13.2 Å².